The van der Waals surface area contributed by atoms with Gasteiger partial charge >= 0.3 is 0 Å². The summed E-state index contributed by atoms with van der Waals surface area (Å²) in [6.45, 7) is 2.36. The molecule has 0 saturated carbocycles. The van der Waals surface area contributed by atoms with Gasteiger partial charge in [0.25, 0.3) is 5.91 Å². The SMILES string of the molecule is COc1cc(C(=O)N(Cc2ccco2)Cc2ccccc2O)cc(OC)c1C. The molecule has 0 bridgehead atoms. The molecular weight excluding hydrogens is 358 g/mol. The van der Waals surface area contributed by atoms with Crippen LogP contribution in [0.1, 0.15) is 27.2 Å². The molecule has 0 fully saturated rings. The van der Waals surface area contributed by atoms with E-state index in [1.54, 1.807) is 67.8 Å². The second-order valence-electron chi connectivity index (χ2n) is 6.38. The summed E-state index contributed by atoms with van der Waals surface area (Å²) in [4.78, 5) is 14.9. The van der Waals surface area contributed by atoms with Crippen molar-refractivity contribution in [3.8, 4) is 17.2 Å². The lowest BCUT2D eigenvalue weighted by atomic mass is 10.1. The Balaban J connectivity index is 1.97. The van der Waals surface area contributed by atoms with Crippen LogP contribution in [0.2, 0.25) is 0 Å². The van der Waals surface area contributed by atoms with Crippen molar-refractivity contribution < 1.29 is 23.8 Å². The third kappa shape index (κ3) is 4.11. The van der Waals surface area contributed by atoms with Crippen LogP contribution in [-0.2, 0) is 13.1 Å². The number of benzene rings is 2. The van der Waals surface area contributed by atoms with Gasteiger partial charge in [-0.1, -0.05) is 18.2 Å². The summed E-state index contributed by atoms with van der Waals surface area (Å²) in [5.41, 5.74) is 1.90. The minimum atomic E-state index is -0.226. The van der Waals surface area contributed by atoms with E-state index in [2.05, 4.69) is 0 Å². The van der Waals surface area contributed by atoms with E-state index in [4.69, 9.17) is 13.9 Å². The van der Waals surface area contributed by atoms with Crippen molar-refractivity contribution in [2.75, 3.05) is 14.2 Å². The van der Waals surface area contributed by atoms with Crippen molar-refractivity contribution in [1.82, 2.24) is 4.90 Å². The highest BCUT2D eigenvalue weighted by Crippen LogP contribution is 2.31. The van der Waals surface area contributed by atoms with E-state index in [1.807, 2.05) is 13.0 Å². The zero-order chi connectivity index (χ0) is 20.1. The first-order chi connectivity index (χ1) is 13.5. The lowest BCUT2D eigenvalue weighted by Crippen LogP contribution is -2.30. The number of para-hydroxylation sites is 1. The number of aromatic hydroxyl groups is 1. The molecule has 1 amide bonds. The average molecular weight is 381 g/mol. The van der Waals surface area contributed by atoms with Crippen LogP contribution in [0.4, 0.5) is 0 Å². The largest absolute Gasteiger partial charge is 0.508 e. The molecule has 0 aliphatic heterocycles. The molecule has 28 heavy (non-hydrogen) atoms. The number of hydrogen-bond donors (Lipinski definition) is 1. The lowest BCUT2D eigenvalue weighted by Gasteiger charge is -2.23. The number of amides is 1. The number of rotatable bonds is 7. The van der Waals surface area contributed by atoms with Gasteiger partial charge in [0.1, 0.15) is 23.0 Å². The molecule has 1 N–H and O–H groups in total. The summed E-state index contributed by atoms with van der Waals surface area (Å²) >= 11 is 0. The zero-order valence-electron chi connectivity index (χ0n) is 16.1. The molecule has 6 heteroatoms. The molecule has 0 aliphatic rings. The highest BCUT2D eigenvalue weighted by atomic mass is 16.5. The van der Waals surface area contributed by atoms with Crippen LogP contribution in [-0.4, -0.2) is 30.1 Å². The standard InChI is InChI=1S/C22H23NO5/c1-15-20(26-2)11-17(12-21(15)27-3)22(25)23(14-18-8-6-10-28-18)13-16-7-4-5-9-19(16)24/h4-12,24H,13-14H2,1-3H3. The van der Waals surface area contributed by atoms with Crippen molar-refractivity contribution in [3.05, 3.63) is 77.2 Å². The summed E-state index contributed by atoms with van der Waals surface area (Å²) in [7, 11) is 3.11. The minimum absolute atomic E-state index is 0.138. The van der Waals surface area contributed by atoms with Crippen molar-refractivity contribution >= 4 is 5.91 Å². The van der Waals surface area contributed by atoms with Gasteiger partial charge in [0.05, 0.1) is 33.6 Å². The van der Waals surface area contributed by atoms with Crippen molar-refractivity contribution in [1.29, 1.82) is 0 Å². The monoisotopic (exact) mass is 381 g/mol. The van der Waals surface area contributed by atoms with Crippen LogP contribution < -0.4 is 9.47 Å². The van der Waals surface area contributed by atoms with E-state index in [0.717, 1.165) is 5.56 Å². The molecule has 0 unspecified atom stereocenters. The van der Waals surface area contributed by atoms with E-state index in [0.29, 0.717) is 28.4 Å². The van der Waals surface area contributed by atoms with Gasteiger partial charge in [-0.25, -0.2) is 0 Å². The van der Waals surface area contributed by atoms with Gasteiger partial charge in [0.2, 0.25) is 0 Å². The third-order valence-corrected chi connectivity index (χ3v) is 4.57. The first kappa shape index (κ1) is 19.4. The van der Waals surface area contributed by atoms with Gasteiger partial charge in [0, 0.05) is 16.7 Å². The van der Waals surface area contributed by atoms with Crippen LogP contribution >= 0.6 is 0 Å². The highest BCUT2D eigenvalue weighted by molar-refractivity contribution is 5.95. The second kappa shape index (κ2) is 8.52. The minimum Gasteiger partial charge on any atom is -0.508 e. The molecule has 1 heterocycles. The predicted octanol–water partition coefficient (Wildman–Crippen LogP) is 4.15. The Hall–Kier alpha value is -3.41. The maximum absolute atomic E-state index is 13.3. The number of furan rings is 1. The van der Waals surface area contributed by atoms with Crippen molar-refractivity contribution in [2.45, 2.75) is 20.0 Å². The number of ether oxygens (including phenoxy) is 2. The maximum atomic E-state index is 13.3. The van der Waals surface area contributed by atoms with Gasteiger partial charge in [-0.05, 0) is 37.3 Å². The lowest BCUT2D eigenvalue weighted by molar-refractivity contribution is 0.0716. The van der Waals surface area contributed by atoms with Gasteiger partial charge in [-0.2, -0.15) is 0 Å². The van der Waals surface area contributed by atoms with E-state index < -0.39 is 0 Å². The second-order valence-corrected chi connectivity index (χ2v) is 6.38. The average Bonchev–Trinajstić information content (AvgIpc) is 3.22. The highest BCUT2D eigenvalue weighted by Gasteiger charge is 2.21. The Bertz CT molecular complexity index is 924. The molecule has 0 spiro atoms. The molecule has 3 rings (SSSR count). The zero-order valence-corrected chi connectivity index (χ0v) is 16.1. The fourth-order valence-corrected chi connectivity index (χ4v) is 3.03. The fraction of sp³-hybridized carbons (Fsp3) is 0.227. The van der Waals surface area contributed by atoms with Gasteiger partial charge in [-0.15, -0.1) is 0 Å². The van der Waals surface area contributed by atoms with Crippen molar-refractivity contribution in [3.63, 3.8) is 0 Å². The number of carbonyl (C=O) groups is 1. The van der Waals surface area contributed by atoms with Crippen LogP contribution in [0, 0.1) is 6.92 Å². The molecule has 2 aromatic carbocycles. The first-order valence-electron chi connectivity index (χ1n) is 8.84. The topological polar surface area (TPSA) is 72.1 Å². The molecule has 3 aromatic rings. The van der Waals surface area contributed by atoms with Crippen LogP contribution in [0.3, 0.4) is 0 Å². The van der Waals surface area contributed by atoms with E-state index in [9.17, 15) is 9.90 Å². The Morgan fingerprint density at radius 3 is 2.29 bits per heavy atom. The Kier molecular flexibility index (Phi) is 5.89. The number of carbonyl (C=O) groups excluding carboxylic acids is 1. The van der Waals surface area contributed by atoms with E-state index in [1.165, 1.54) is 0 Å². The number of phenolic OH excluding ortho intramolecular Hbond substituents is 1. The van der Waals surface area contributed by atoms with Gasteiger partial charge in [0.15, 0.2) is 0 Å². The first-order valence-corrected chi connectivity index (χ1v) is 8.84. The van der Waals surface area contributed by atoms with Crippen molar-refractivity contribution in [2.24, 2.45) is 0 Å². The van der Waals surface area contributed by atoms with Gasteiger partial charge < -0.3 is 23.9 Å². The Morgan fingerprint density at radius 1 is 1.04 bits per heavy atom. The Labute approximate surface area is 163 Å². The fourth-order valence-electron chi connectivity index (χ4n) is 3.03. The molecule has 0 atom stereocenters. The number of nitrogens with zero attached hydrogens (tertiary/aromatic N) is 1. The predicted molar refractivity (Wildman–Crippen MR) is 105 cm³/mol. The number of phenols is 1. The quantitative estimate of drug-likeness (QED) is 0.666. The summed E-state index contributed by atoms with van der Waals surface area (Å²) in [5, 5.41) is 10.1. The van der Waals surface area contributed by atoms with Gasteiger partial charge in [-0.3, -0.25) is 4.79 Å². The summed E-state index contributed by atoms with van der Waals surface area (Å²) in [6, 6.07) is 13.9. The molecular formula is C22H23NO5. The van der Waals surface area contributed by atoms with Crippen LogP contribution in [0.5, 0.6) is 17.2 Å². The molecule has 6 nitrogen and oxygen atoms in total. The van der Waals surface area contributed by atoms with E-state index >= 15 is 0 Å². The Morgan fingerprint density at radius 2 is 1.71 bits per heavy atom. The van der Waals surface area contributed by atoms with Crippen LogP contribution in [0.15, 0.2) is 59.2 Å². The summed E-state index contributed by atoms with van der Waals surface area (Å²) in [6.07, 6.45) is 1.57. The molecule has 0 saturated heterocycles. The van der Waals surface area contributed by atoms with Crippen LogP contribution in [0.25, 0.3) is 0 Å². The summed E-state index contributed by atoms with van der Waals surface area (Å²) in [5.74, 6) is 1.70. The molecule has 1 aromatic heterocycles. The number of methoxy groups -OCH3 is 2. The molecule has 146 valence electrons. The smallest absolute Gasteiger partial charge is 0.254 e. The normalized spacial score (nSPS) is 10.5. The third-order valence-electron chi connectivity index (χ3n) is 4.57. The summed E-state index contributed by atoms with van der Waals surface area (Å²) < 4.78 is 16.2. The molecule has 0 radical (unpaired) electrons. The molecule has 0 aliphatic carbocycles. The maximum Gasteiger partial charge on any atom is 0.254 e. The number of hydrogen-bond acceptors (Lipinski definition) is 5. The van der Waals surface area contributed by atoms with E-state index in [-0.39, 0.29) is 24.7 Å².